The van der Waals surface area contributed by atoms with Crippen LogP contribution in [0.4, 0.5) is 5.69 Å². The molecule has 2 aliphatic heterocycles. The number of amides is 2. The van der Waals surface area contributed by atoms with Crippen LogP contribution < -0.4 is 4.90 Å². The molecule has 1 aromatic rings. The van der Waals surface area contributed by atoms with Gasteiger partial charge in [0.05, 0.1) is 18.2 Å². The molecular formula is C12H11N3O2. The van der Waals surface area contributed by atoms with Gasteiger partial charge in [0.2, 0.25) is 5.91 Å². The predicted octanol–water partition coefficient (Wildman–Crippen LogP) is 1.40. The van der Waals surface area contributed by atoms with Crippen molar-refractivity contribution in [2.75, 3.05) is 11.4 Å². The molecule has 3 rings (SSSR count). The molecule has 17 heavy (non-hydrogen) atoms. The first-order valence-electron chi connectivity index (χ1n) is 5.47. The number of carbonyl (C=O) groups is 2. The van der Waals surface area contributed by atoms with Crippen LogP contribution in [0.15, 0.2) is 40.6 Å². The number of azo groups is 1. The fourth-order valence-electron chi connectivity index (χ4n) is 2.33. The molecule has 2 heterocycles. The number of anilines is 1. The average Bonchev–Trinajstić information content (AvgIpc) is 2.80. The molecule has 2 atom stereocenters. The number of hydrogen-bond acceptors (Lipinski definition) is 4. The number of rotatable bonds is 1. The third-order valence-corrected chi connectivity index (χ3v) is 3.39. The van der Waals surface area contributed by atoms with Gasteiger partial charge in [0, 0.05) is 0 Å². The van der Waals surface area contributed by atoms with Crippen LogP contribution in [-0.2, 0) is 9.59 Å². The summed E-state index contributed by atoms with van der Waals surface area (Å²) in [5.74, 6) is -0.913. The van der Waals surface area contributed by atoms with Crippen molar-refractivity contribution < 1.29 is 9.59 Å². The van der Waals surface area contributed by atoms with Crippen LogP contribution in [0.5, 0.6) is 0 Å². The van der Waals surface area contributed by atoms with Gasteiger partial charge in [-0.2, -0.15) is 10.2 Å². The molecule has 0 saturated carbocycles. The summed E-state index contributed by atoms with van der Waals surface area (Å²) in [7, 11) is 0. The summed E-state index contributed by atoms with van der Waals surface area (Å²) in [6.45, 7) is 1.99. The third kappa shape index (κ3) is 1.19. The zero-order chi connectivity index (χ0) is 12.0. The topological polar surface area (TPSA) is 62.1 Å². The number of para-hydroxylation sites is 1. The SMILES string of the molecule is C[C@]12N=NC[C@@H]1C(=O)N(c1ccccc1)C2=O. The Morgan fingerprint density at radius 2 is 2.00 bits per heavy atom. The fourth-order valence-corrected chi connectivity index (χ4v) is 2.33. The highest BCUT2D eigenvalue weighted by molar-refractivity contribution is 6.25. The minimum atomic E-state index is -0.993. The molecule has 1 aromatic carbocycles. The lowest BCUT2D eigenvalue weighted by molar-refractivity contribution is -0.122. The first kappa shape index (κ1) is 10.1. The lowest BCUT2D eigenvalue weighted by Crippen LogP contribution is -2.37. The molecule has 1 fully saturated rings. The monoisotopic (exact) mass is 229 g/mol. The highest BCUT2D eigenvalue weighted by Gasteiger charge is 2.59. The van der Waals surface area contributed by atoms with E-state index in [9.17, 15) is 9.59 Å². The molecular weight excluding hydrogens is 218 g/mol. The Bertz CT molecular complexity index is 526. The summed E-state index contributed by atoms with van der Waals surface area (Å²) in [4.78, 5) is 25.7. The van der Waals surface area contributed by atoms with E-state index in [1.165, 1.54) is 4.90 Å². The van der Waals surface area contributed by atoms with Gasteiger partial charge in [-0.15, -0.1) is 0 Å². The first-order chi connectivity index (χ1) is 8.14. The van der Waals surface area contributed by atoms with E-state index in [4.69, 9.17) is 0 Å². The Kier molecular flexibility index (Phi) is 1.92. The van der Waals surface area contributed by atoms with Gasteiger partial charge < -0.3 is 0 Å². The molecule has 0 aliphatic carbocycles. The minimum Gasteiger partial charge on any atom is -0.274 e. The van der Waals surface area contributed by atoms with Gasteiger partial charge in [-0.05, 0) is 19.1 Å². The normalized spacial score (nSPS) is 31.1. The summed E-state index contributed by atoms with van der Waals surface area (Å²) in [6.07, 6.45) is 0. The molecule has 0 radical (unpaired) electrons. The maximum absolute atomic E-state index is 12.3. The molecule has 2 amide bonds. The third-order valence-electron chi connectivity index (χ3n) is 3.39. The summed E-state index contributed by atoms with van der Waals surface area (Å²) in [6, 6.07) is 8.94. The van der Waals surface area contributed by atoms with E-state index in [1.807, 2.05) is 6.07 Å². The molecule has 86 valence electrons. The smallest absolute Gasteiger partial charge is 0.264 e. The average molecular weight is 229 g/mol. The molecule has 5 heteroatoms. The van der Waals surface area contributed by atoms with Crippen LogP contribution in [0.1, 0.15) is 6.92 Å². The Morgan fingerprint density at radius 3 is 2.65 bits per heavy atom. The van der Waals surface area contributed by atoms with E-state index < -0.39 is 11.5 Å². The van der Waals surface area contributed by atoms with E-state index in [0.717, 1.165) is 0 Å². The molecule has 1 saturated heterocycles. The van der Waals surface area contributed by atoms with Crippen LogP contribution in [0.3, 0.4) is 0 Å². The van der Waals surface area contributed by atoms with Gasteiger partial charge in [-0.25, -0.2) is 4.90 Å². The fraction of sp³-hybridized carbons (Fsp3) is 0.333. The van der Waals surface area contributed by atoms with Gasteiger partial charge in [-0.3, -0.25) is 9.59 Å². The molecule has 2 aliphatic rings. The number of benzene rings is 1. The van der Waals surface area contributed by atoms with E-state index in [-0.39, 0.29) is 11.8 Å². The van der Waals surface area contributed by atoms with E-state index >= 15 is 0 Å². The number of carbonyl (C=O) groups excluding carboxylic acids is 2. The zero-order valence-corrected chi connectivity index (χ0v) is 9.33. The lowest BCUT2D eigenvalue weighted by Gasteiger charge is -2.16. The number of nitrogens with zero attached hydrogens (tertiary/aromatic N) is 3. The van der Waals surface area contributed by atoms with Crippen LogP contribution in [-0.4, -0.2) is 23.9 Å². The van der Waals surface area contributed by atoms with Crippen molar-refractivity contribution in [2.24, 2.45) is 16.1 Å². The lowest BCUT2D eigenvalue weighted by atomic mass is 9.90. The number of imide groups is 1. The van der Waals surface area contributed by atoms with Crippen LogP contribution in [0.2, 0.25) is 0 Å². The molecule has 0 N–H and O–H groups in total. The molecule has 0 aromatic heterocycles. The summed E-state index contributed by atoms with van der Waals surface area (Å²) in [5.41, 5.74) is -0.388. The molecule has 0 spiro atoms. The van der Waals surface area contributed by atoms with Crippen molar-refractivity contribution in [1.29, 1.82) is 0 Å². The standard InChI is InChI=1S/C12H11N3O2/c1-12-9(7-13-14-12)10(16)15(11(12)17)8-5-3-2-4-6-8/h2-6,9H,7H2,1H3/t9-,12+/m1/s1. The van der Waals surface area contributed by atoms with Crippen molar-refractivity contribution in [1.82, 2.24) is 0 Å². The van der Waals surface area contributed by atoms with E-state index in [0.29, 0.717) is 12.2 Å². The Balaban J connectivity index is 2.07. The van der Waals surface area contributed by atoms with Crippen molar-refractivity contribution in [3.05, 3.63) is 30.3 Å². The Hall–Kier alpha value is -2.04. The highest BCUT2D eigenvalue weighted by atomic mass is 16.2. The Labute approximate surface area is 98.1 Å². The summed E-state index contributed by atoms with van der Waals surface area (Å²) in [5, 5.41) is 7.78. The van der Waals surface area contributed by atoms with Gasteiger partial charge in [0.15, 0.2) is 5.54 Å². The van der Waals surface area contributed by atoms with Crippen molar-refractivity contribution in [3.8, 4) is 0 Å². The summed E-state index contributed by atoms with van der Waals surface area (Å²) < 4.78 is 0. The van der Waals surface area contributed by atoms with Crippen molar-refractivity contribution in [2.45, 2.75) is 12.5 Å². The van der Waals surface area contributed by atoms with E-state index in [2.05, 4.69) is 10.2 Å². The van der Waals surface area contributed by atoms with Crippen LogP contribution >= 0.6 is 0 Å². The second kappa shape index (κ2) is 3.23. The second-order valence-corrected chi connectivity index (χ2v) is 4.44. The van der Waals surface area contributed by atoms with Crippen LogP contribution in [0, 0.1) is 5.92 Å². The Morgan fingerprint density at radius 1 is 1.29 bits per heavy atom. The van der Waals surface area contributed by atoms with Gasteiger partial charge in [-0.1, -0.05) is 18.2 Å². The zero-order valence-electron chi connectivity index (χ0n) is 9.33. The first-order valence-corrected chi connectivity index (χ1v) is 5.47. The van der Waals surface area contributed by atoms with Crippen molar-refractivity contribution in [3.63, 3.8) is 0 Å². The summed E-state index contributed by atoms with van der Waals surface area (Å²) >= 11 is 0. The van der Waals surface area contributed by atoms with Gasteiger partial charge >= 0.3 is 0 Å². The van der Waals surface area contributed by atoms with Crippen LogP contribution in [0.25, 0.3) is 0 Å². The molecule has 0 bridgehead atoms. The second-order valence-electron chi connectivity index (χ2n) is 4.44. The van der Waals surface area contributed by atoms with Crippen molar-refractivity contribution >= 4 is 17.5 Å². The van der Waals surface area contributed by atoms with Gasteiger partial charge in [0.25, 0.3) is 5.91 Å². The van der Waals surface area contributed by atoms with Gasteiger partial charge in [0.1, 0.15) is 0 Å². The number of fused-ring (bicyclic) bond motifs is 1. The molecule has 5 nitrogen and oxygen atoms in total. The van der Waals surface area contributed by atoms with E-state index in [1.54, 1.807) is 31.2 Å². The maximum atomic E-state index is 12.3. The predicted molar refractivity (Wildman–Crippen MR) is 60.6 cm³/mol. The largest absolute Gasteiger partial charge is 0.274 e. The maximum Gasteiger partial charge on any atom is 0.264 e. The number of hydrogen-bond donors (Lipinski definition) is 0. The highest BCUT2D eigenvalue weighted by Crippen LogP contribution is 2.40. The minimum absolute atomic E-state index is 0.200. The quantitative estimate of drug-likeness (QED) is 0.683. The molecule has 0 unspecified atom stereocenters.